The predicted molar refractivity (Wildman–Crippen MR) is 82.7 cm³/mol. The third-order valence-electron chi connectivity index (χ3n) is 2.87. The van der Waals surface area contributed by atoms with Gasteiger partial charge in [0.05, 0.1) is 11.5 Å². The fourth-order valence-corrected chi connectivity index (χ4v) is 2.81. The second-order valence-corrected chi connectivity index (χ2v) is 6.39. The van der Waals surface area contributed by atoms with E-state index in [1.807, 2.05) is 0 Å². The highest BCUT2D eigenvalue weighted by atomic mass is 32.2. The summed E-state index contributed by atoms with van der Waals surface area (Å²) in [6.07, 6.45) is 0. The lowest BCUT2D eigenvalue weighted by Gasteiger charge is -2.08. The van der Waals surface area contributed by atoms with E-state index in [1.165, 1.54) is 37.4 Å². The number of rotatable bonds is 7. The van der Waals surface area contributed by atoms with E-state index in [0.29, 0.717) is 18.9 Å². The largest absolute Gasteiger partial charge is 0.383 e. The Hall–Kier alpha value is -2.39. The van der Waals surface area contributed by atoms with Crippen molar-refractivity contribution in [2.75, 3.05) is 25.0 Å². The first-order valence-corrected chi connectivity index (χ1v) is 8.24. The highest BCUT2D eigenvalue weighted by Crippen LogP contribution is 2.17. The van der Waals surface area contributed by atoms with Crippen LogP contribution in [0.3, 0.4) is 0 Å². The van der Waals surface area contributed by atoms with Gasteiger partial charge in [0, 0.05) is 25.3 Å². The van der Waals surface area contributed by atoms with Crippen LogP contribution in [-0.4, -0.2) is 39.7 Å². The highest BCUT2D eigenvalue weighted by molar-refractivity contribution is 7.92. The minimum Gasteiger partial charge on any atom is -0.383 e. The Morgan fingerprint density at radius 3 is 2.78 bits per heavy atom. The van der Waals surface area contributed by atoms with E-state index in [0.717, 1.165) is 0 Å². The molecule has 0 unspecified atom stereocenters. The summed E-state index contributed by atoms with van der Waals surface area (Å²) in [5.74, 6) is 0.183. The van der Waals surface area contributed by atoms with Crippen LogP contribution in [0.25, 0.3) is 0 Å². The maximum Gasteiger partial charge on any atom is 0.263 e. The predicted octanol–water partition coefficient (Wildman–Crippen LogP) is 1.16. The molecule has 0 spiro atoms. The maximum absolute atomic E-state index is 12.3. The molecule has 0 fully saturated rings. The van der Waals surface area contributed by atoms with Crippen molar-refractivity contribution in [3.8, 4) is 0 Å². The summed E-state index contributed by atoms with van der Waals surface area (Å²) in [7, 11) is -2.33. The number of sulfonamides is 1. The van der Waals surface area contributed by atoms with Gasteiger partial charge in [-0.3, -0.25) is 9.52 Å². The van der Waals surface area contributed by atoms with Crippen molar-refractivity contribution < 1.29 is 22.5 Å². The molecule has 0 bridgehead atoms. The Morgan fingerprint density at radius 2 is 2.13 bits per heavy atom. The number of aryl methyl sites for hydroxylation is 1. The molecule has 124 valence electrons. The minimum absolute atomic E-state index is 0.0439. The fraction of sp³-hybridized carbons (Fsp3) is 0.286. The minimum atomic E-state index is -3.86. The number of hydrogen-bond donors (Lipinski definition) is 2. The summed E-state index contributed by atoms with van der Waals surface area (Å²) in [5.41, 5.74) is 0.236. The molecule has 2 rings (SSSR count). The van der Waals surface area contributed by atoms with Crippen LogP contribution in [0.1, 0.15) is 16.1 Å². The average molecular weight is 339 g/mol. The fourth-order valence-electron chi connectivity index (χ4n) is 1.78. The molecule has 23 heavy (non-hydrogen) atoms. The topological polar surface area (TPSA) is 111 Å². The number of nitrogens with zero attached hydrogens (tertiary/aromatic N) is 1. The first-order chi connectivity index (χ1) is 10.9. The van der Waals surface area contributed by atoms with Gasteiger partial charge < -0.3 is 14.6 Å². The van der Waals surface area contributed by atoms with Gasteiger partial charge in [0.2, 0.25) is 0 Å². The molecule has 8 nitrogen and oxygen atoms in total. The normalized spacial score (nSPS) is 11.2. The van der Waals surface area contributed by atoms with Crippen molar-refractivity contribution in [2.24, 2.45) is 0 Å². The lowest BCUT2D eigenvalue weighted by molar-refractivity contribution is 0.0937. The molecular formula is C14H17N3O5S. The quantitative estimate of drug-likeness (QED) is 0.732. The van der Waals surface area contributed by atoms with Crippen molar-refractivity contribution in [1.82, 2.24) is 10.5 Å². The Labute approximate surface area is 133 Å². The summed E-state index contributed by atoms with van der Waals surface area (Å²) >= 11 is 0. The van der Waals surface area contributed by atoms with Crippen LogP contribution in [0.15, 0.2) is 39.8 Å². The van der Waals surface area contributed by atoms with Crippen LogP contribution in [0.4, 0.5) is 5.82 Å². The van der Waals surface area contributed by atoms with Crippen LogP contribution in [-0.2, 0) is 14.8 Å². The van der Waals surface area contributed by atoms with Gasteiger partial charge in [-0.25, -0.2) is 8.42 Å². The van der Waals surface area contributed by atoms with Crippen molar-refractivity contribution in [2.45, 2.75) is 11.8 Å². The molecule has 0 saturated carbocycles. The molecule has 0 aliphatic carbocycles. The number of carbonyl (C=O) groups excluding carboxylic acids is 1. The molecule has 1 heterocycles. The number of hydrogen-bond acceptors (Lipinski definition) is 6. The lowest BCUT2D eigenvalue weighted by atomic mass is 10.2. The van der Waals surface area contributed by atoms with E-state index >= 15 is 0 Å². The van der Waals surface area contributed by atoms with Crippen LogP contribution in [0.5, 0.6) is 0 Å². The second kappa shape index (κ2) is 7.25. The molecule has 0 atom stereocenters. The number of amides is 1. The Kier molecular flexibility index (Phi) is 5.35. The lowest BCUT2D eigenvalue weighted by Crippen LogP contribution is -2.27. The zero-order chi connectivity index (χ0) is 16.9. The number of methoxy groups -OCH3 is 1. The third-order valence-corrected chi connectivity index (χ3v) is 4.22. The Morgan fingerprint density at radius 1 is 1.35 bits per heavy atom. The van der Waals surface area contributed by atoms with Crippen LogP contribution < -0.4 is 10.0 Å². The number of benzene rings is 1. The number of nitrogens with one attached hydrogen (secondary N) is 2. The molecule has 1 amide bonds. The molecule has 1 aromatic heterocycles. The van der Waals surface area contributed by atoms with E-state index in [2.05, 4.69) is 15.2 Å². The summed E-state index contributed by atoms with van der Waals surface area (Å²) in [6, 6.07) is 7.16. The van der Waals surface area contributed by atoms with Crippen LogP contribution >= 0.6 is 0 Å². The SMILES string of the molecule is COCCNC(=O)c1cccc(S(=O)(=O)Nc2cc(C)on2)c1. The first kappa shape index (κ1) is 17.0. The number of ether oxygens (including phenoxy) is 1. The van der Waals surface area contributed by atoms with Crippen molar-refractivity contribution in [1.29, 1.82) is 0 Å². The van der Waals surface area contributed by atoms with Gasteiger partial charge in [-0.15, -0.1) is 0 Å². The molecule has 2 N–H and O–H groups in total. The smallest absolute Gasteiger partial charge is 0.263 e. The summed E-state index contributed by atoms with van der Waals surface area (Å²) in [6.45, 7) is 2.36. The molecule has 9 heteroatoms. The molecule has 0 saturated heterocycles. The molecule has 2 aromatic rings. The van der Waals surface area contributed by atoms with Gasteiger partial charge in [0.25, 0.3) is 15.9 Å². The molecule has 0 radical (unpaired) electrons. The zero-order valence-electron chi connectivity index (χ0n) is 12.7. The summed E-state index contributed by atoms with van der Waals surface area (Å²) in [4.78, 5) is 11.9. The Bertz CT molecular complexity index is 785. The van der Waals surface area contributed by atoms with Gasteiger partial charge >= 0.3 is 0 Å². The van der Waals surface area contributed by atoms with Crippen molar-refractivity contribution in [3.63, 3.8) is 0 Å². The van der Waals surface area contributed by atoms with Crippen LogP contribution in [0, 0.1) is 6.92 Å². The van der Waals surface area contributed by atoms with Gasteiger partial charge in [-0.05, 0) is 25.1 Å². The maximum atomic E-state index is 12.3. The third kappa shape index (κ3) is 4.54. The molecule has 1 aromatic carbocycles. The van der Waals surface area contributed by atoms with Crippen LogP contribution in [0.2, 0.25) is 0 Å². The highest BCUT2D eigenvalue weighted by Gasteiger charge is 2.18. The number of aromatic nitrogens is 1. The monoisotopic (exact) mass is 339 g/mol. The summed E-state index contributed by atoms with van der Waals surface area (Å²) in [5, 5.41) is 6.20. The van der Waals surface area contributed by atoms with E-state index in [-0.39, 0.29) is 22.2 Å². The van der Waals surface area contributed by atoms with Gasteiger partial charge in [-0.1, -0.05) is 11.2 Å². The molecule has 0 aliphatic rings. The van der Waals surface area contributed by atoms with Gasteiger partial charge in [0.15, 0.2) is 5.82 Å². The van der Waals surface area contributed by atoms with Crippen molar-refractivity contribution >= 4 is 21.7 Å². The van der Waals surface area contributed by atoms with Crippen molar-refractivity contribution in [3.05, 3.63) is 41.7 Å². The zero-order valence-corrected chi connectivity index (χ0v) is 13.5. The standard InChI is InChI=1S/C14H17N3O5S/c1-10-8-13(16-22-10)17-23(19,20)12-5-3-4-11(9-12)14(18)15-6-7-21-2/h3-5,8-9H,6-7H2,1-2H3,(H,15,18)(H,16,17). The average Bonchev–Trinajstić information content (AvgIpc) is 2.92. The second-order valence-electron chi connectivity index (χ2n) is 4.70. The van der Waals surface area contributed by atoms with E-state index in [4.69, 9.17) is 9.26 Å². The number of anilines is 1. The Balaban J connectivity index is 2.16. The number of carbonyl (C=O) groups is 1. The van der Waals surface area contributed by atoms with E-state index in [1.54, 1.807) is 6.92 Å². The first-order valence-electron chi connectivity index (χ1n) is 6.76. The molecular weight excluding hydrogens is 322 g/mol. The molecule has 0 aliphatic heterocycles. The van der Waals surface area contributed by atoms with Gasteiger partial charge in [0.1, 0.15) is 5.76 Å². The van der Waals surface area contributed by atoms with Gasteiger partial charge in [-0.2, -0.15) is 0 Å². The van der Waals surface area contributed by atoms with E-state index < -0.39 is 10.0 Å². The van der Waals surface area contributed by atoms with E-state index in [9.17, 15) is 13.2 Å². The summed E-state index contributed by atoms with van der Waals surface area (Å²) < 4.78 is 36.5.